The third-order valence-electron chi connectivity index (χ3n) is 4.95. The van der Waals surface area contributed by atoms with E-state index in [-0.39, 0.29) is 16.7 Å². The van der Waals surface area contributed by atoms with Crippen LogP contribution in [0.3, 0.4) is 0 Å². The molecule has 0 aliphatic heterocycles. The largest absolute Gasteiger partial charge is 0.417 e. The number of hydrogen-bond acceptors (Lipinski definition) is 1. The van der Waals surface area contributed by atoms with Crippen LogP contribution in [0.5, 0.6) is 0 Å². The van der Waals surface area contributed by atoms with Crippen LogP contribution in [0, 0.1) is 11.3 Å². The maximum absolute atomic E-state index is 14.3. The molecule has 1 saturated carbocycles. The first-order valence-corrected chi connectivity index (χ1v) is 10.3. The molecule has 1 fully saturated rings. The molecule has 0 amide bonds. The topological polar surface area (TPSA) is 23.8 Å². The van der Waals surface area contributed by atoms with Gasteiger partial charge in [0.05, 0.1) is 11.1 Å². The fourth-order valence-corrected chi connectivity index (χ4v) is 4.22. The summed E-state index contributed by atoms with van der Waals surface area (Å²) in [6.45, 7) is 0. The quantitative estimate of drug-likeness (QED) is 0.353. The Labute approximate surface area is 186 Å². The monoisotopic (exact) mass is 477 g/mol. The molecule has 1 nitrogen and oxygen atoms in total. The highest BCUT2D eigenvalue weighted by Gasteiger charge is 2.48. The van der Waals surface area contributed by atoms with Crippen LogP contribution in [0.2, 0.25) is 0 Å². The van der Waals surface area contributed by atoms with Gasteiger partial charge in [0, 0.05) is 21.2 Å². The molecule has 152 valence electrons. The Kier molecular flexibility index (Phi) is 5.67. The summed E-state index contributed by atoms with van der Waals surface area (Å²) in [6.07, 6.45) is -4.59. The summed E-state index contributed by atoms with van der Waals surface area (Å²) in [5.74, 6) is 0. The lowest BCUT2D eigenvalue weighted by atomic mass is 10.0. The fourth-order valence-electron chi connectivity index (χ4n) is 3.56. The van der Waals surface area contributed by atoms with Gasteiger partial charge in [-0.15, -0.1) is 0 Å². The minimum Gasteiger partial charge on any atom is -0.192 e. The molecule has 0 radical (unpaired) electrons. The molecule has 31 heavy (non-hydrogen) atoms. The minimum atomic E-state index is -4.59. The maximum Gasteiger partial charge on any atom is 0.417 e. The molecule has 0 atom stereocenters. The summed E-state index contributed by atoms with van der Waals surface area (Å²) in [7, 11) is 0. The molecule has 4 rings (SSSR count). The zero-order valence-corrected chi connectivity index (χ0v) is 17.7. The number of nitriles is 1. The number of alkyl halides is 3. The van der Waals surface area contributed by atoms with E-state index < -0.39 is 11.7 Å². The molecule has 0 bridgehead atoms. The molecular weight excluding hydrogens is 463 g/mol. The Balaban J connectivity index is 2.08. The van der Waals surface area contributed by atoms with E-state index in [2.05, 4.69) is 22.0 Å². The van der Waals surface area contributed by atoms with Gasteiger partial charge < -0.3 is 0 Å². The fraction of sp³-hybridized carbons (Fsp3) is 0.0385. The third-order valence-corrected chi connectivity index (χ3v) is 5.81. The van der Waals surface area contributed by atoms with Crippen LogP contribution >= 0.6 is 15.9 Å². The maximum atomic E-state index is 14.3. The van der Waals surface area contributed by atoms with Gasteiger partial charge in [0.2, 0.25) is 0 Å². The van der Waals surface area contributed by atoms with Crippen molar-refractivity contribution in [1.82, 2.24) is 0 Å². The van der Waals surface area contributed by atoms with Crippen molar-refractivity contribution in [3.8, 4) is 6.07 Å². The van der Waals surface area contributed by atoms with Crippen LogP contribution in [-0.4, -0.2) is 6.18 Å². The summed E-state index contributed by atoms with van der Waals surface area (Å²) >= 11 is 3.51. The van der Waals surface area contributed by atoms with Crippen LogP contribution in [0.25, 0.3) is 15.6 Å². The van der Waals surface area contributed by atoms with Crippen molar-refractivity contribution in [3.63, 3.8) is 0 Å². The number of benzene rings is 3. The molecule has 0 spiro atoms. The lowest BCUT2D eigenvalue weighted by Crippen LogP contribution is -2.11. The van der Waals surface area contributed by atoms with E-state index in [0.29, 0.717) is 21.2 Å². The van der Waals surface area contributed by atoms with Crippen LogP contribution in [0.1, 0.15) is 16.7 Å². The second-order valence-electron chi connectivity index (χ2n) is 6.90. The molecule has 5 heteroatoms. The average Bonchev–Trinajstić information content (AvgIpc) is 3.49. The zero-order chi connectivity index (χ0) is 22.0. The average molecular weight is 478 g/mol. The Bertz CT molecular complexity index is 1250. The SMILES string of the molecule is N#C/C(=C1\C(=C(c2ccccc2)C(F)(F)F)\C1=C(\Br)c1ccccc1)c1ccccc1. The summed E-state index contributed by atoms with van der Waals surface area (Å²) in [4.78, 5) is 0. The van der Waals surface area contributed by atoms with Gasteiger partial charge in [-0.1, -0.05) is 91.0 Å². The normalized spacial score (nSPS) is 18.2. The minimum absolute atomic E-state index is 0.0508. The second kappa shape index (κ2) is 8.41. The van der Waals surface area contributed by atoms with Gasteiger partial charge in [0.1, 0.15) is 6.07 Å². The predicted octanol–water partition coefficient (Wildman–Crippen LogP) is 7.80. The highest BCUT2D eigenvalue weighted by atomic mass is 79.9. The Morgan fingerprint density at radius 1 is 0.645 bits per heavy atom. The van der Waals surface area contributed by atoms with E-state index in [0.717, 1.165) is 5.56 Å². The molecule has 0 heterocycles. The lowest BCUT2D eigenvalue weighted by Gasteiger charge is -2.11. The molecule has 0 aromatic heterocycles. The van der Waals surface area contributed by atoms with Gasteiger partial charge in [0.15, 0.2) is 0 Å². The van der Waals surface area contributed by atoms with Gasteiger partial charge in [-0.3, -0.25) is 0 Å². The molecule has 0 unspecified atom stereocenters. The van der Waals surface area contributed by atoms with Gasteiger partial charge in [0.25, 0.3) is 0 Å². The molecule has 3 aromatic carbocycles. The molecular formula is C26H15BrF3N. The number of allylic oxidation sites excluding steroid dienone is 5. The van der Waals surface area contributed by atoms with Crippen molar-refractivity contribution in [3.05, 3.63) is 124 Å². The number of halogens is 4. The van der Waals surface area contributed by atoms with Crippen LogP contribution in [0.4, 0.5) is 13.2 Å². The van der Waals surface area contributed by atoms with Gasteiger partial charge in [-0.2, -0.15) is 18.4 Å². The van der Waals surface area contributed by atoms with Crippen LogP contribution in [-0.2, 0) is 0 Å². The second-order valence-corrected chi connectivity index (χ2v) is 7.69. The number of nitrogens with zero attached hydrogens (tertiary/aromatic N) is 1. The Hall–Kier alpha value is -3.36. The van der Waals surface area contributed by atoms with Crippen LogP contribution in [0.15, 0.2) is 108 Å². The number of rotatable bonds is 3. The zero-order valence-electron chi connectivity index (χ0n) is 16.1. The van der Waals surface area contributed by atoms with Crippen molar-refractivity contribution in [2.45, 2.75) is 6.18 Å². The van der Waals surface area contributed by atoms with E-state index in [1.165, 1.54) is 12.1 Å². The molecule has 1 aliphatic rings. The van der Waals surface area contributed by atoms with Crippen molar-refractivity contribution in [2.24, 2.45) is 0 Å². The Morgan fingerprint density at radius 3 is 1.55 bits per heavy atom. The van der Waals surface area contributed by atoms with Crippen molar-refractivity contribution in [2.75, 3.05) is 0 Å². The van der Waals surface area contributed by atoms with Crippen molar-refractivity contribution in [1.29, 1.82) is 5.26 Å². The third kappa shape index (κ3) is 4.12. The predicted molar refractivity (Wildman–Crippen MR) is 121 cm³/mol. The molecule has 0 saturated heterocycles. The smallest absolute Gasteiger partial charge is 0.192 e. The standard InChI is InChI=1S/C26H15BrF3N/c27-25(19-14-8-3-9-15-19)23-21(20(16-31)17-10-4-1-5-11-17)22(23)24(26(28,29)30)18-12-6-2-7-13-18/h1-15H/b21-20-,24-22?,25-23+. The van der Waals surface area contributed by atoms with Crippen molar-refractivity contribution >= 4 is 31.6 Å². The highest BCUT2D eigenvalue weighted by molar-refractivity contribution is 9.15. The molecule has 1 aliphatic carbocycles. The molecule has 0 N–H and O–H groups in total. The summed E-state index contributed by atoms with van der Waals surface area (Å²) in [5.41, 5.74) is 1.64. The van der Waals surface area contributed by atoms with Crippen LogP contribution < -0.4 is 0 Å². The van der Waals surface area contributed by atoms with Gasteiger partial charge in [-0.05, 0) is 32.6 Å². The van der Waals surface area contributed by atoms with Gasteiger partial charge >= 0.3 is 6.18 Å². The first kappa shape index (κ1) is 20.9. The van der Waals surface area contributed by atoms with Crippen molar-refractivity contribution < 1.29 is 13.2 Å². The van der Waals surface area contributed by atoms with E-state index in [9.17, 15) is 18.4 Å². The molecule has 3 aromatic rings. The summed E-state index contributed by atoms with van der Waals surface area (Å²) in [6, 6.07) is 27.7. The highest BCUT2D eigenvalue weighted by Crippen LogP contribution is 2.59. The Morgan fingerprint density at radius 2 is 1.10 bits per heavy atom. The summed E-state index contributed by atoms with van der Waals surface area (Å²) in [5, 5.41) is 9.88. The van der Waals surface area contributed by atoms with E-state index >= 15 is 0 Å². The lowest BCUT2D eigenvalue weighted by molar-refractivity contribution is -0.0690. The number of hydrogen-bond donors (Lipinski definition) is 0. The van der Waals surface area contributed by atoms with E-state index in [1.54, 1.807) is 48.5 Å². The van der Waals surface area contributed by atoms with E-state index in [1.807, 2.05) is 30.3 Å². The first-order valence-electron chi connectivity index (χ1n) is 9.46. The first-order chi connectivity index (χ1) is 14.9. The summed E-state index contributed by atoms with van der Waals surface area (Å²) < 4.78 is 43.4. The van der Waals surface area contributed by atoms with Gasteiger partial charge in [-0.25, -0.2) is 0 Å². The van der Waals surface area contributed by atoms with E-state index in [4.69, 9.17) is 0 Å².